The third-order valence-electron chi connectivity index (χ3n) is 3.74. The number of hydrogen-bond donors (Lipinski definition) is 2. The summed E-state index contributed by atoms with van der Waals surface area (Å²) < 4.78 is 39.5. The Labute approximate surface area is 161 Å². The predicted octanol–water partition coefficient (Wildman–Crippen LogP) is 2.79. The number of nitrogens with zero attached hydrogens (tertiary/aromatic N) is 1. The fourth-order valence-electron chi connectivity index (χ4n) is 2.28. The number of carbonyl (C=O) groups is 1. The summed E-state index contributed by atoms with van der Waals surface area (Å²) in [5.41, 5.74) is -0.793. The van der Waals surface area contributed by atoms with E-state index in [0.717, 1.165) is 36.7 Å². The van der Waals surface area contributed by atoms with Crippen LogP contribution in [-0.4, -0.2) is 30.0 Å². The van der Waals surface area contributed by atoms with E-state index in [9.17, 15) is 22.8 Å². The van der Waals surface area contributed by atoms with E-state index in [2.05, 4.69) is 22.5 Å². The number of amides is 1. The maximum Gasteiger partial charge on any atom is 0.286 e. The number of halogens is 4. The van der Waals surface area contributed by atoms with Gasteiger partial charge in [-0.15, -0.1) is 11.3 Å². The number of alkyl halides is 2. The Bertz CT molecular complexity index is 990. The predicted molar refractivity (Wildman–Crippen MR) is 97.2 cm³/mol. The summed E-state index contributed by atoms with van der Waals surface area (Å²) in [4.78, 5) is 24.1. The van der Waals surface area contributed by atoms with Crippen molar-refractivity contribution in [2.75, 3.05) is 18.4 Å². The van der Waals surface area contributed by atoms with E-state index in [4.69, 9.17) is 11.6 Å². The summed E-state index contributed by atoms with van der Waals surface area (Å²) in [6.07, 6.45) is -1.87. The van der Waals surface area contributed by atoms with Crippen molar-refractivity contribution in [1.82, 2.24) is 9.88 Å². The highest BCUT2D eigenvalue weighted by molar-refractivity contribution is 7.18. The maximum absolute atomic E-state index is 13.7. The molecule has 0 unspecified atom stereocenters. The molecular weight excluding hydrogens is 403 g/mol. The lowest BCUT2D eigenvalue weighted by Crippen LogP contribution is -2.40. The van der Waals surface area contributed by atoms with Gasteiger partial charge >= 0.3 is 0 Å². The quantitative estimate of drug-likeness (QED) is 0.755. The minimum absolute atomic E-state index is 0.115. The lowest BCUT2D eigenvalue weighted by atomic mass is 10.0. The highest BCUT2D eigenvalue weighted by atomic mass is 35.5. The Morgan fingerprint density at radius 2 is 2.19 bits per heavy atom. The van der Waals surface area contributed by atoms with Crippen molar-refractivity contribution >= 4 is 34.5 Å². The zero-order valence-corrected chi connectivity index (χ0v) is 15.3. The summed E-state index contributed by atoms with van der Waals surface area (Å²) in [7, 11) is 0. The second-order valence-electron chi connectivity index (χ2n) is 5.80. The Morgan fingerprint density at radius 3 is 2.81 bits per heavy atom. The van der Waals surface area contributed by atoms with Crippen molar-refractivity contribution in [3.8, 4) is 11.8 Å². The zero-order chi connectivity index (χ0) is 19.6. The van der Waals surface area contributed by atoms with Crippen LogP contribution in [0.5, 0.6) is 0 Å². The van der Waals surface area contributed by atoms with E-state index in [1.165, 1.54) is 6.07 Å². The molecule has 0 aliphatic carbocycles. The van der Waals surface area contributed by atoms with E-state index < -0.39 is 30.3 Å². The van der Waals surface area contributed by atoms with Crippen LogP contribution in [0, 0.1) is 23.6 Å². The SMILES string of the molecule is O=C(Nc1cc(F)c(=O)n(CC(F)F)c1)c1cc(C#CC2CNC2)c(Cl)s1. The van der Waals surface area contributed by atoms with Crippen LogP contribution in [0.15, 0.2) is 23.1 Å². The van der Waals surface area contributed by atoms with Gasteiger partial charge in [-0.25, -0.2) is 13.2 Å². The minimum Gasteiger partial charge on any atom is -0.320 e. The van der Waals surface area contributed by atoms with Gasteiger partial charge in [-0.2, -0.15) is 0 Å². The van der Waals surface area contributed by atoms with Gasteiger partial charge in [0.2, 0.25) is 0 Å². The molecule has 3 heterocycles. The largest absolute Gasteiger partial charge is 0.320 e. The van der Waals surface area contributed by atoms with Crippen molar-refractivity contribution in [2.45, 2.75) is 13.0 Å². The van der Waals surface area contributed by atoms with Crippen LogP contribution in [-0.2, 0) is 6.54 Å². The Balaban J connectivity index is 1.78. The number of carbonyl (C=O) groups excluding carboxylic acids is 1. The van der Waals surface area contributed by atoms with E-state index in [-0.39, 0.29) is 16.5 Å². The highest BCUT2D eigenvalue weighted by Crippen LogP contribution is 2.28. The summed E-state index contributed by atoms with van der Waals surface area (Å²) in [5.74, 6) is 4.36. The summed E-state index contributed by atoms with van der Waals surface area (Å²) >= 11 is 7.09. The van der Waals surface area contributed by atoms with Crippen LogP contribution < -0.4 is 16.2 Å². The van der Waals surface area contributed by atoms with Crippen LogP contribution in [0.25, 0.3) is 0 Å². The second kappa shape index (κ2) is 8.17. The zero-order valence-electron chi connectivity index (χ0n) is 13.7. The molecule has 1 amide bonds. The normalized spacial score (nSPS) is 13.8. The van der Waals surface area contributed by atoms with E-state index >= 15 is 0 Å². The molecule has 2 aromatic heterocycles. The molecule has 0 saturated carbocycles. The van der Waals surface area contributed by atoms with Gasteiger partial charge in [-0.3, -0.25) is 9.59 Å². The van der Waals surface area contributed by atoms with Crippen LogP contribution in [0.2, 0.25) is 4.34 Å². The Kier molecular flexibility index (Phi) is 5.89. The fourth-order valence-corrected chi connectivity index (χ4v) is 3.37. The molecule has 1 fully saturated rings. The smallest absolute Gasteiger partial charge is 0.286 e. The van der Waals surface area contributed by atoms with Crippen molar-refractivity contribution < 1.29 is 18.0 Å². The van der Waals surface area contributed by atoms with E-state index in [1.807, 2.05) is 0 Å². The first-order chi connectivity index (χ1) is 12.8. The number of nitrogens with one attached hydrogen (secondary N) is 2. The minimum atomic E-state index is -2.84. The molecule has 2 aromatic rings. The van der Waals surface area contributed by atoms with E-state index in [0.29, 0.717) is 14.5 Å². The standard InChI is InChI=1S/C17H13ClF3N3O2S/c18-15-10(2-1-9-5-22-6-9)3-13(27-15)16(25)23-11-4-12(19)17(26)24(7-11)8-14(20)21/h3-4,7,9,14,22H,5-6,8H2,(H,23,25). The third-order valence-corrected chi connectivity index (χ3v) is 5.10. The van der Waals surface area contributed by atoms with Crippen molar-refractivity contribution in [2.24, 2.45) is 5.92 Å². The summed E-state index contributed by atoms with van der Waals surface area (Å²) in [6, 6.07) is 2.29. The molecule has 5 nitrogen and oxygen atoms in total. The van der Waals surface area contributed by atoms with Crippen LogP contribution in [0.1, 0.15) is 15.2 Å². The Hall–Kier alpha value is -2.28. The Morgan fingerprint density at radius 1 is 1.44 bits per heavy atom. The van der Waals surface area contributed by atoms with Gasteiger partial charge in [0.25, 0.3) is 17.9 Å². The molecule has 0 radical (unpaired) electrons. The van der Waals surface area contributed by atoms with Crippen molar-refractivity contribution in [1.29, 1.82) is 0 Å². The molecule has 0 atom stereocenters. The van der Waals surface area contributed by atoms with Crippen molar-refractivity contribution in [3.05, 3.63) is 49.3 Å². The third kappa shape index (κ3) is 4.71. The van der Waals surface area contributed by atoms with Crippen LogP contribution in [0.3, 0.4) is 0 Å². The number of thiophene rings is 1. The molecule has 3 rings (SSSR count). The van der Waals surface area contributed by atoms with Crippen molar-refractivity contribution in [3.63, 3.8) is 0 Å². The van der Waals surface area contributed by atoms with Gasteiger partial charge in [-0.1, -0.05) is 23.4 Å². The first kappa shape index (κ1) is 19.5. The molecule has 2 N–H and O–H groups in total. The molecular formula is C17H13ClF3N3O2S. The number of pyridine rings is 1. The maximum atomic E-state index is 13.7. The van der Waals surface area contributed by atoms with Gasteiger partial charge in [0.15, 0.2) is 5.82 Å². The summed E-state index contributed by atoms with van der Waals surface area (Å²) in [5, 5.41) is 5.47. The molecule has 10 heteroatoms. The monoisotopic (exact) mass is 415 g/mol. The number of hydrogen-bond acceptors (Lipinski definition) is 4. The van der Waals surface area contributed by atoms with E-state index in [1.54, 1.807) is 0 Å². The molecule has 0 spiro atoms. The average Bonchev–Trinajstić information content (AvgIpc) is 2.91. The lowest BCUT2D eigenvalue weighted by Gasteiger charge is -2.21. The summed E-state index contributed by atoms with van der Waals surface area (Å²) in [6.45, 7) is 0.643. The van der Waals surface area contributed by atoms with Gasteiger partial charge in [0.05, 0.1) is 22.7 Å². The lowest BCUT2D eigenvalue weighted by molar-refractivity contribution is 0.103. The highest BCUT2D eigenvalue weighted by Gasteiger charge is 2.17. The number of rotatable bonds is 4. The fraction of sp³-hybridized carbons (Fsp3) is 0.294. The molecule has 1 aliphatic rings. The van der Waals surface area contributed by atoms with Gasteiger partial charge in [0, 0.05) is 31.3 Å². The molecule has 27 heavy (non-hydrogen) atoms. The molecule has 142 valence electrons. The first-order valence-electron chi connectivity index (χ1n) is 7.84. The molecule has 0 bridgehead atoms. The van der Waals surface area contributed by atoms with Gasteiger partial charge < -0.3 is 15.2 Å². The average molecular weight is 416 g/mol. The van der Waals surface area contributed by atoms with Gasteiger partial charge in [-0.05, 0) is 6.07 Å². The van der Waals surface area contributed by atoms with Gasteiger partial charge in [0.1, 0.15) is 4.34 Å². The van der Waals surface area contributed by atoms with Crippen LogP contribution >= 0.6 is 22.9 Å². The number of anilines is 1. The van der Waals surface area contributed by atoms with Crippen LogP contribution in [0.4, 0.5) is 18.9 Å². The first-order valence-corrected chi connectivity index (χ1v) is 9.04. The topological polar surface area (TPSA) is 63.1 Å². The second-order valence-corrected chi connectivity index (χ2v) is 7.46. The molecule has 0 aromatic carbocycles. The molecule has 1 aliphatic heterocycles. The molecule has 1 saturated heterocycles. The number of aromatic nitrogens is 1.